The molecule has 0 saturated carbocycles. The number of fused-ring (bicyclic) bond motifs is 1. The number of aryl methyl sites for hydroxylation is 1. The molecular weight excluding hydrogens is 266 g/mol. The average molecular weight is 288 g/mol. The number of nitrogens with one attached hydrogen (secondary N) is 3. The fraction of sp³-hybridized carbons (Fsp3) is 0.500. The van der Waals surface area contributed by atoms with Crippen LogP contribution in [0, 0.1) is 0 Å². The summed E-state index contributed by atoms with van der Waals surface area (Å²) in [5.41, 5.74) is 2.60. The van der Waals surface area contributed by atoms with Gasteiger partial charge in [0.1, 0.15) is 0 Å². The lowest BCUT2D eigenvalue weighted by Crippen LogP contribution is -3.16. The lowest BCUT2D eigenvalue weighted by molar-refractivity contribution is -0.885. The van der Waals surface area contributed by atoms with Gasteiger partial charge in [-0.2, -0.15) is 0 Å². The molecule has 2 atom stereocenters. The molecule has 1 fully saturated rings. The minimum atomic E-state index is 0.0343. The van der Waals surface area contributed by atoms with Crippen LogP contribution in [-0.4, -0.2) is 38.0 Å². The topological polar surface area (TPSA) is 62.6 Å². The number of piperazine rings is 1. The van der Waals surface area contributed by atoms with E-state index in [0.29, 0.717) is 19.6 Å². The number of benzene rings is 1. The maximum absolute atomic E-state index is 12.2. The molecule has 1 heterocycles. The third-order valence-corrected chi connectivity index (χ3v) is 4.33. The van der Waals surface area contributed by atoms with Gasteiger partial charge in [-0.25, -0.2) is 0 Å². The Morgan fingerprint density at radius 3 is 3.10 bits per heavy atom. The molecule has 2 aliphatic rings. The van der Waals surface area contributed by atoms with Crippen molar-refractivity contribution < 1.29 is 14.5 Å². The quantitative estimate of drug-likeness (QED) is 0.681. The number of hydrogen-bond acceptors (Lipinski definition) is 2. The monoisotopic (exact) mass is 288 g/mol. The zero-order chi connectivity index (χ0) is 14.7. The Balaban J connectivity index is 1.59. The first-order valence-electron chi connectivity index (χ1n) is 7.70. The van der Waals surface area contributed by atoms with Gasteiger partial charge < -0.3 is 15.5 Å². The lowest BCUT2D eigenvalue weighted by atomic mass is 9.88. The second-order valence-electron chi connectivity index (χ2n) is 5.91. The summed E-state index contributed by atoms with van der Waals surface area (Å²) in [4.78, 5) is 24.6. The molecule has 1 aromatic rings. The van der Waals surface area contributed by atoms with Crippen LogP contribution in [0.1, 0.15) is 30.0 Å². The highest BCUT2D eigenvalue weighted by Crippen LogP contribution is 2.29. The van der Waals surface area contributed by atoms with Crippen molar-refractivity contribution in [1.29, 1.82) is 0 Å². The van der Waals surface area contributed by atoms with Crippen molar-refractivity contribution >= 4 is 11.8 Å². The Morgan fingerprint density at radius 2 is 2.24 bits per heavy atom. The molecule has 1 aromatic carbocycles. The fourth-order valence-electron chi connectivity index (χ4n) is 3.28. The number of carbonyl (C=O) groups is 2. The first kappa shape index (κ1) is 14.1. The number of amides is 2. The second kappa shape index (κ2) is 6.26. The predicted molar refractivity (Wildman–Crippen MR) is 78.8 cm³/mol. The highest BCUT2D eigenvalue weighted by Gasteiger charge is 2.25. The smallest absolute Gasteiger partial charge is 0.275 e. The number of rotatable bonds is 3. The summed E-state index contributed by atoms with van der Waals surface area (Å²) in [5, 5.41) is 5.93. The van der Waals surface area contributed by atoms with E-state index in [9.17, 15) is 9.59 Å². The molecule has 112 valence electrons. The Morgan fingerprint density at radius 1 is 1.38 bits per heavy atom. The number of hydrogen-bond donors (Lipinski definition) is 3. The zero-order valence-electron chi connectivity index (χ0n) is 12.2. The van der Waals surface area contributed by atoms with Gasteiger partial charge in [-0.05, 0) is 30.4 Å². The van der Waals surface area contributed by atoms with Gasteiger partial charge in [0.15, 0.2) is 13.1 Å². The summed E-state index contributed by atoms with van der Waals surface area (Å²) in [6.07, 6.45) is 3.21. The van der Waals surface area contributed by atoms with E-state index in [1.807, 2.05) is 6.07 Å². The van der Waals surface area contributed by atoms with E-state index in [0.717, 1.165) is 30.7 Å². The Kier molecular flexibility index (Phi) is 4.20. The van der Waals surface area contributed by atoms with Gasteiger partial charge in [0.25, 0.3) is 11.8 Å². The molecule has 1 saturated heterocycles. The largest absolute Gasteiger partial charge is 0.346 e. The van der Waals surface area contributed by atoms with Crippen LogP contribution < -0.4 is 15.5 Å². The molecule has 1 unspecified atom stereocenters. The predicted octanol–water partition coefficient (Wildman–Crippen LogP) is -0.805. The summed E-state index contributed by atoms with van der Waals surface area (Å²) in [6, 6.07) is 8.47. The van der Waals surface area contributed by atoms with E-state index >= 15 is 0 Å². The van der Waals surface area contributed by atoms with Gasteiger partial charge in [-0.15, -0.1) is 0 Å². The highest BCUT2D eigenvalue weighted by atomic mass is 16.2. The van der Waals surface area contributed by atoms with Gasteiger partial charge in [0.2, 0.25) is 0 Å². The van der Waals surface area contributed by atoms with E-state index in [-0.39, 0.29) is 17.9 Å². The average Bonchev–Trinajstić information content (AvgIpc) is 2.47. The molecule has 0 aromatic heterocycles. The van der Waals surface area contributed by atoms with Crippen LogP contribution in [0.4, 0.5) is 0 Å². The molecule has 5 nitrogen and oxygen atoms in total. The van der Waals surface area contributed by atoms with Crippen molar-refractivity contribution in [2.75, 3.05) is 26.2 Å². The van der Waals surface area contributed by atoms with Gasteiger partial charge in [-0.3, -0.25) is 9.59 Å². The van der Waals surface area contributed by atoms with E-state index in [4.69, 9.17) is 0 Å². The third-order valence-electron chi connectivity index (χ3n) is 4.33. The van der Waals surface area contributed by atoms with Crippen molar-refractivity contribution in [3.8, 4) is 0 Å². The zero-order valence-corrected chi connectivity index (χ0v) is 12.2. The van der Waals surface area contributed by atoms with E-state index in [1.54, 1.807) is 0 Å². The molecule has 1 aliphatic heterocycles. The van der Waals surface area contributed by atoms with Crippen molar-refractivity contribution in [1.82, 2.24) is 10.6 Å². The van der Waals surface area contributed by atoms with Gasteiger partial charge in [0, 0.05) is 0 Å². The SMILES string of the molecule is O=C1C[NH+](CC(=O)N[C@H]2CCCc3ccccc32)CCN1. The molecule has 5 heteroatoms. The van der Waals surface area contributed by atoms with Gasteiger partial charge >= 0.3 is 0 Å². The van der Waals surface area contributed by atoms with E-state index < -0.39 is 0 Å². The standard InChI is InChI=1S/C16H21N3O2/c20-15-10-19(9-8-17-15)11-16(21)18-14-7-3-5-12-4-1-2-6-13(12)14/h1-2,4,6,14H,3,5,7-11H2,(H,17,20)(H,18,21)/p+1/t14-/m0/s1. The van der Waals surface area contributed by atoms with Crippen LogP contribution in [0.15, 0.2) is 24.3 Å². The first-order valence-corrected chi connectivity index (χ1v) is 7.70. The highest BCUT2D eigenvalue weighted by molar-refractivity contribution is 5.79. The maximum Gasteiger partial charge on any atom is 0.275 e. The summed E-state index contributed by atoms with van der Waals surface area (Å²) >= 11 is 0. The van der Waals surface area contributed by atoms with Crippen LogP contribution in [0.25, 0.3) is 0 Å². The Hall–Kier alpha value is -1.88. The van der Waals surface area contributed by atoms with Gasteiger partial charge in [-0.1, -0.05) is 24.3 Å². The summed E-state index contributed by atoms with van der Waals surface area (Å²) < 4.78 is 0. The molecule has 2 amide bonds. The summed E-state index contributed by atoms with van der Waals surface area (Å²) in [7, 11) is 0. The van der Waals surface area contributed by atoms with Crippen molar-refractivity contribution in [3.63, 3.8) is 0 Å². The number of carbonyl (C=O) groups excluding carboxylic acids is 2. The molecule has 0 spiro atoms. The summed E-state index contributed by atoms with van der Waals surface area (Å²) in [6.45, 7) is 2.26. The minimum absolute atomic E-state index is 0.0343. The lowest BCUT2D eigenvalue weighted by Gasteiger charge is -2.28. The molecule has 0 radical (unpaired) electrons. The minimum Gasteiger partial charge on any atom is -0.346 e. The molecule has 3 rings (SSSR count). The number of quaternary nitrogens is 1. The molecule has 21 heavy (non-hydrogen) atoms. The summed E-state index contributed by atoms with van der Waals surface area (Å²) in [5.74, 6) is 0.0773. The van der Waals surface area contributed by atoms with Crippen molar-refractivity contribution in [2.45, 2.75) is 25.3 Å². The van der Waals surface area contributed by atoms with Crippen LogP contribution in [0.3, 0.4) is 0 Å². The molecule has 3 N–H and O–H groups in total. The van der Waals surface area contributed by atoms with Crippen molar-refractivity contribution in [2.24, 2.45) is 0 Å². The Labute approximate surface area is 124 Å². The molecular formula is C16H22N3O2+. The maximum atomic E-state index is 12.2. The van der Waals surface area contributed by atoms with Crippen LogP contribution >= 0.6 is 0 Å². The second-order valence-corrected chi connectivity index (χ2v) is 5.91. The van der Waals surface area contributed by atoms with E-state index in [1.165, 1.54) is 11.1 Å². The fourth-order valence-corrected chi connectivity index (χ4v) is 3.28. The first-order chi connectivity index (χ1) is 10.2. The molecule has 1 aliphatic carbocycles. The Bertz CT molecular complexity index is 544. The van der Waals surface area contributed by atoms with E-state index in [2.05, 4.69) is 28.8 Å². The van der Waals surface area contributed by atoms with Gasteiger partial charge in [0.05, 0.1) is 19.1 Å². The normalized spacial score (nSPS) is 24.9. The third kappa shape index (κ3) is 3.42. The van der Waals surface area contributed by atoms with Crippen LogP contribution in [0.5, 0.6) is 0 Å². The van der Waals surface area contributed by atoms with Crippen molar-refractivity contribution in [3.05, 3.63) is 35.4 Å². The molecule has 0 bridgehead atoms. The van der Waals surface area contributed by atoms with Crippen LogP contribution in [-0.2, 0) is 16.0 Å². The van der Waals surface area contributed by atoms with Crippen LogP contribution in [0.2, 0.25) is 0 Å².